The Kier molecular flexibility index (Phi) is 7.69. The summed E-state index contributed by atoms with van der Waals surface area (Å²) >= 11 is 0. The summed E-state index contributed by atoms with van der Waals surface area (Å²) in [6.07, 6.45) is 4.07. The lowest BCUT2D eigenvalue weighted by molar-refractivity contribution is -0.150. The molecule has 0 aromatic rings. The van der Waals surface area contributed by atoms with Crippen LogP contribution in [0, 0.1) is 0 Å². The molecule has 0 fully saturated rings. The van der Waals surface area contributed by atoms with E-state index in [4.69, 9.17) is 9.84 Å². The Morgan fingerprint density at radius 2 is 2.00 bits per heavy atom. The van der Waals surface area contributed by atoms with Crippen molar-refractivity contribution in [3.8, 4) is 0 Å². The molecule has 0 radical (unpaired) electrons. The van der Waals surface area contributed by atoms with Gasteiger partial charge >= 0.3 is 5.97 Å². The largest absolute Gasteiger partial charge is 0.479 e. The molecule has 1 atom stereocenters. The molecule has 0 aliphatic carbocycles. The fourth-order valence-corrected chi connectivity index (χ4v) is 1.12. The van der Waals surface area contributed by atoms with Crippen LogP contribution in [0.3, 0.4) is 0 Å². The van der Waals surface area contributed by atoms with Crippen LogP contribution in [0.4, 0.5) is 0 Å². The molecule has 0 heterocycles. The van der Waals surface area contributed by atoms with Gasteiger partial charge in [-0.2, -0.15) is 0 Å². The van der Waals surface area contributed by atoms with Gasteiger partial charge in [0.2, 0.25) is 0 Å². The summed E-state index contributed by atoms with van der Waals surface area (Å²) in [5, 5.41) is 8.74. The van der Waals surface area contributed by atoms with Crippen LogP contribution in [0.5, 0.6) is 0 Å². The van der Waals surface area contributed by atoms with Crippen LogP contribution in [0.25, 0.3) is 0 Å². The first-order valence-corrected chi connectivity index (χ1v) is 5.06. The van der Waals surface area contributed by atoms with E-state index in [1.165, 1.54) is 0 Å². The molecule has 1 unspecified atom stereocenters. The first kappa shape index (κ1) is 12.4. The highest BCUT2D eigenvalue weighted by molar-refractivity contribution is 5.72. The number of hydrogen-bond donors (Lipinski definition) is 1. The first-order valence-electron chi connectivity index (χ1n) is 5.06. The second kappa shape index (κ2) is 8.05. The first-order chi connectivity index (χ1) is 6.22. The standard InChI is InChI=1S/C10H20O3/c1-3-5-6-8-13-9(7-4-2)10(11)12/h9H,3-8H2,1-2H3,(H,11,12). The Hall–Kier alpha value is -0.570. The van der Waals surface area contributed by atoms with Crippen LogP contribution in [0.2, 0.25) is 0 Å². The van der Waals surface area contributed by atoms with Crippen LogP contribution < -0.4 is 0 Å². The average Bonchev–Trinajstić information content (AvgIpc) is 2.10. The smallest absolute Gasteiger partial charge is 0.332 e. The number of hydrogen-bond acceptors (Lipinski definition) is 2. The van der Waals surface area contributed by atoms with Crippen molar-refractivity contribution < 1.29 is 14.6 Å². The zero-order valence-corrected chi connectivity index (χ0v) is 8.58. The van der Waals surface area contributed by atoms with Crippen LogP contribution in [0.1, 0.15) is 46.0 Å². The highest BCUT2D eigenvalue weighted by Gasteiger charge is 2.15. The molecular weight excluding hydrogens is 168 g/mol. The molecule has 0 aliphatic rings. The fourth-order valence-electron chi connectivity index (χ4n) is 1.12. The molecule has 78 valence electrons. The predicted octanol–water partition coefficient (Wildman–Crippen LogP) is 2.45. The number of carbonyl (C=O) groups is 1. The lowest BCUT2D eigenvalue weighted by atomic mass is 10.2. The van der Waals surface area contributed by atoms with Crippen LogP contribution in [0.15, 0.2) is 0 Å². The second-order valence-corrected chi connectivity index (χ2v) is 3.19. The van der Waals surface area contributed by atoms with Gasteiger partial charge in [0.1, 0.15) is 0 Å². The Balaban J connectivity index is 3.51. The summed E-state index contributed by atoms with van der Waals surface area (Å²) in [6, 6.07) is 0. The van der Waals surface area contributed by atoms with Gasteiger partial charge in [-0.15, -0.1) is 0 Å². The van der Waals surface area contributed by atoms with Crippen molar-refractivity contribution >= 4 is 5.97 Å². The Morgan fingerprint density at radius 1 is 1.31 bits per heavy atom. The van der Waals surface area contributed by atoms with Gasteiger partial charge in [-0.3, -0.25) is 0 Å². The second-order valence-electron chi connectivity index (χ2n) is 3.19. The third kappa shape index (κ3) is 6.58. The van der Waals surface area contributed by atoms with E-state index in [0.717, 1.165) is 25.7 Å². The minimum atomic E-state index is -0.835. The van der Waals surface area contributed by atoms with Gasteiger partial charge in [0.15, 0.2) is 6.10 Å². The number of carboxylic acid groups (broad SMARTS) is 1. The van der Waals surface area contributed by atoms with Gasteiger partial charge in [0, 0.05) is 6.61 Å². The number of ether oxygens (including phenoxy) is 1. The number of rotatable bonds is 8. The summed E-state index contributed by atoms with van der Waals surface area (Å²) in [5.41, 5.74) is 0. The van der Waals surface area contributed by atoms with Gasteiger partial charge in [-0.25, -0.2) is 4.79 Å². The van der Waals surface area contributed by atoms with Crippen LogP contribution in [-0.4, -0.2) is 23.8 Å². The van der Waals surface area contributed by atoms with Gasteiger partial charge in [-0.1, -0.05) is 33.1 Å². The molecule has 0 aromatic heterocycles. The van der Waals surface area contributed by atoms with E-state index >= 15 is 0 Å². The van der Waals surface area contributed by atoms with Crippen molar-refractivity contribution in [3.05, 3.63) is 0 Å². The van der Waals surface area contributed by atoms with E-state index in [2.05, 4.69) is 6.92 Å². The summed E-state index contributed by atoms with van der Waals surface area (Å²) in [5.74, 6) is -0.835. The maximum atomic E-state index is 10.6. The van der Waals surface area contributed by atoms with Gasteiger partial charge < -0.3 is 9.84 Å². The third-order valence-corrected chi connectivity index (χ3v) is 1.89. The molecule has 0 aliphatic heterocycles. The average molecular weight is 188 g/mol. The minimum absolute atomic E-state index is 0.574. The summed E-state index contributed by atoms with van der Waals surface area (Å²) in [6.45, 7) is 4.65. The quantitative estimate of drug-likeness (QED) is 0.595. The van der Waals surface area contributed by atoms with E-state index in [-0.39, 0.29) is 0 Å². The molecule has 0 aromatic carbocycles. The molecular formula is C10H20O3. The van der Waals surface area contributed by atoms with Gasteiger partial charge in [0.25, 0.3) is 0 Å². The molecule has 0 rings (SSSR count). The molecule has 0 amide bonds. The Morgan fingerprint density at radius 3 is 2.46 bits per heavy atom. The maximum absolute atomic E-state index is 10.6. The van der Waals surface area contributed by atoms with Crippen molar-refractivity contribution in [2.24, 2.45) is 0 Å². The third-order valence-electron chi connectivity index (χ3n) is 1.89. The van der Waals surface area contributed by atoms with Crippen molar-refractivity contribution in [2.45, 2.75) is 52.1 Å². The highest BCUT2D eigenvalue weighted by Crippen LogP contribution is 2.04. The molecule has 13 heavy (non-hydrogen) atoms. The molecule has 1 N–H and O–H groups in total. The molecule has 3 nitrogen and oxygen atoms in total. The summed E-state index contributed by atoms with van der Waals surface area (Å²) in [4.78, 5) is 10.6. The highest BCUT2D eigenvalue weighted by atomic mass is 16.5. The zero-order chi connectivity index (χ0) is 10.1. The SMILES string of the molecule is CCCCCOC(CCC)C(=O)O. The summed E-state index contributed by atoms with van der Waals surface area (Å²) < 4.78 is 5.25. The minimum Gasteiger partial charge on any atom is -0.479 e. The predicted molar refractivity (Wildman–Crippen MR) is 51.8 cm³/mol. The lowest BCUT2D eigenvalue weighted by Crippen LogP contribution is -2.24. The number of unbranched alkanes of at least 4 members (excludes halogenated alkanes) is 2. The van der Waals surface area contributed by atoms with E-state index in [1.54, 1.807) is 0 Å². The topological polar surface area (TPSA) is 46.5 Å². The fraction of sp³-hybridized carbons (Fsp3) is 0.900. The van der Waals surface area contributed by atoms with Crippen molar-refractivity contribution in [3.63, 3.8) is 0 Å². The van der Waals surface area contributed by atoms with Gasteiger partial charge in [-0.05, 0) is 12.8 Å². The van der Waals surface area contributed by atoms with Gasteiger partial charge in [0.05, 0.1) is 0 Å². The van der Waals surface area contributed by atoms with Crippen LogP contribution in [-0.2, 0) is 9.53 Å². The van der Waals surface area contributed by atoms with E-state index in [9.17, 15) is 4.79 Å². The van der Waals surface area contributed by atoms with Crippen LogP contribution >= 0.6 is 0 Å². The van der Waals surface area contributed by atoms with E-state index in [0.29, 0.717) is 13.0 Å². The normalized spacial score (nSPS) is 12.8. The van der Waals surface area contributed by atoms with Crippen molar-refractivity contribution in [1.82, 2.24) is 0 Å². The zero-order valence-electron chi connectivity index (χ0n) is 8.58. The van der Waals surface area contributed by atoms with E-state index < -0.39 is 12.1 Å². The Bertz CT molecular complexity index is 134. The lowest BCUT2D eigenvalue weighted by Gasteiger charge is -2.11. The molecule has 0 saturated heterocycles. The molecule has 0 saturated carbocycles. The molecule has 0 spiro atoms. The maximum Gasteiger partial charge on any atom is 0.332 e. The van der Waals surface area contributed by atoms with Crippen molar-refractivity contribution in [1.29, 1.82) is 0 Å². The molecule has 0 bridgehead atoms. The summed E-state index contributed by atoms with van der Waals surface area (Å²) in [7, 11) is 0. The number of aliphatic carboxylic acids is 1. The monoisotopic (exact) mass is 188 g/mol. The molecule has 3 heteroatoms. The Labute approximate surface area is 80.1 Å². The number of carboxylic acids is 1. The van der Waals surface area contributed by atoms with Crippen molar-refractivity contribution in [2.75, 3.05) is 6.61 Å². The van der Waals surface area contributed by atoms with E-state index in [1.807, 2.05) is 6.92 Å².